The first-order valence-corrected chi connectivity index (χ1v) is 7.22. The second-order valence-corrected chi connectivity index (χ2v) is 6.46. The molecule has 1 unspecified atom stereocenters. The molecule has 1 aliphatic rings. The molecule has 0 aromatic heterocycles. The van der Waals surface area contributed by atoms with Crippen LogP contribution in [0.15, 0.2) is 54.3 Å². The van der Waals surface area contributed by atoms with Gasteiger partial charge in [-0.3, -0.25) is 0 Å². The molecule has 1 heterocycles. The van der Waals surface area contributed by atoms with Crippen molar-refractivity contribution in [2.24, 2.45) is 0 Å². The Labute approximate surface area is 125 Å². The van der Waals surface area contributed by atoms with Crippen molar-refractivity contribution in [1.29, 1.82) is 0 Å². The van der Waals surface area contributed by atoms with Crippen molar-refractivity contribution in [1.82, 2.24) is 0 Å². The topological polar surface area (TPSA) is 29.5 Å². The number of aliphatic hydroxyl groups excluding tert-OH is 1. The van der Waals surface area contributed by atoms with E-state index in [1.807, 2.05) is 48.5 Å². The van der Waals surface area contributed by atoms with Crippen LogP contribution < -0.4 is 4.74 Å². The lowest BCUT2D eigenvalue weighted by Crippen LogP contribution is -2.11. The number of ether oxygens (including phenoxy) is 1. The van der Waals surface area contributed by atoms with Crippen molar-refractivity contribution in [2.75, 3.05) is 0 Å². The fraction of sp³-hybridized carbons (Fsp3) is 0.263. The van der Waals surface area contributed by atoms with Crippen LogP contribution in [0.1, 0.15) is 43.6 Å². The van der Waals surface area contributed by atoms with E-state index in [0.29, 0.717) is 5.76 Å². The summed E-state index contributed by atoms with van der Waals surface area (Å²) >= 11 is 0. The van der Waals surface area contributed by atoms with Crippen LogP contribution in [0, 0.1) is 0 Å². The first kappa shape index (κ1) is 13.9. The molecule has 21 heavy (non-hydrogen) atoms. The van der Waals surface area contributed by atoms with Crippen LogP contribution >= 0.6 is 0 Å². The molecule has 2 heteroatoms. The molecule has 0 bridgehead atoms. The molecular formula is C19H20O2. The summed E-state index contributed by atoms with van der Waals surface area (Å²) in [5, 5.41) is 10.5. The number of aliphatic hydroxyl groups is 1. The summed E-state index contributed by atoms with van der Waals surface area (Å²) in [7, 11) is 0. The minimum atomic E-state index is -0.692. The van der Waals surface area contributed by atoms with Crippen LogP contribution in [-0.4, -0.2) is 5.11 Å². The molecule has 2 nitrogen and oxygen atoms in total. The third-order valence-electron chi connectivity index (χ3n) is 3.78. The van der Waals surface area contributed by atoms with Crippen molar-refractivity contribution in [3.63, 3.8) is 0 Å². The highest BCUT2D eigenvalue weighted by atomic mass is 16.5. The van der Waals surface area contributed by atoms with E-state index in [1.54, 1.807) is 0 Å². The Morgan fingerprint density at radius 2 is 1.76 bits per heavy atom. The van der Waals surface area contributed by atoms with Crippen molar-refractivity contribution in [3.05, 3.63) is 71.0 Å². The molecule has 1 N–H and O–H groups in total. The van der Waals surface area contributed by atoms with Crippen LogP contribution in [0.2, 0.25) is 0 Å². The van der Waals surface area contributed by atoms with Gasteiger partial charge in [-0.2, -0.15) is 0 Å². The zero-order valence-electron chi connectivity index (χ0n) is 12.6. The van der Waals surface area contributed by atoms with Crippen LogP contribution in [0.5, 0.6) is 5.75 Å². The SMILES string of the molecule is CC(C)(C)c1ccc2c(c1)C(O)/C(=C/c1ccccc1)O2. The van der Waals surface area contributed by atoms with E-state index in [9.17, 15) is 5.11 Å². The molecule has 108 valence electrons. The van der Waals surface area contributed by atoms with Crippen molar-refractivity contribution in [3.8, 4) is 5.75 Å². The fourth-order valence-electron chi connectivity index (χ4n) is 2.48. The zero-order chi connectivity index (χ0) is 15.0. The average molecular weight is 280 g/mol. The van der Waals surface area contributed by atoms with Gasteiger partial charge in [-0.05, 0) is 34.8 Å². The van der Waals surface area contributed by atoms with E-state index < -0.39 is 6.10 Å². The largest absolute Gasteiger partial charge is 0.458 e. The molecule has 2 aromatic rings. The van der Waals surface area contributed by atoms with Gasteiger partial charge in [-0.15, -0.1) is 0 Å². The summed E-state index contributed by atoms with van der Waals surface area (Å²) in [6.45, 7) is 6.49. The van der Waals surface area contributed by atoms with Gasteiger partial charge in [-0.1, -0.05) is 57.2 Å². The fourth-order valence-corrected chi connectivity index (χ4v) is 2.48. The minimum absolute atomic E-state index is 0.0562. The first-order valence-electron chi connectivity index (χ1n) is 7.22. The second-order valence-electron chi connectivity index (χ2n) is 6.46. The maximum Gasteiger partial charge on any atom is 0.140 e. The maximum atomic E-state index is 10.5. The lowest BCUT2D eigenvalue weighted by Gasteiger charge is -2.19. The van der Waals surface area contributed by atoms with E-state index in [-0.39, 0.29) is 5.41 Å². The highest BCUT2D eigenvalue weighted by Gasteiger charge is 2.29. The lowest BCUT2D eigenvalue weighted by atomic mass is 9.85. The van der Waals surface area contributed by atoms with Crippen molar-refractivity contribution < 1.29 is 9.84 Å². The summed E-state index contributed by atoms with van der Waals surface area (Å²) in [6, 6.07) is 16.0. The molecule has 3 rings (SSSR count). The van der Waals surface area contributed by atoms with E-state index in [2.05, 4.69) is 26.8 Å². The third kappa shape index (κ3) is 2.72. The Balaban J connectivity index is 1.96. The standard InChI is InChI=1S/C19H20O2/c1-19(2,3)14-9-10-16-15(12-14)18(20)17(21-16)11-13-7-5-4-6-8-13/h4-12,18,20H,1-3H3/b17-11-. The molecule has 0 saturated carbocycles. The summed E-state index contributed by atoms with van der Waals surface area (Å²) in [6.07, 6.45) is 1.20. The van der Waals surface area contributed by atoms with Gasteiger partial charge >= 0.3 is 0 Å². The minimum Gasteiger partial charge on any atom is -0.458 e. The molecule has 0 saturated heterocycles. The van der Waals surface area contributed by atoms with E-state index in [0.717, 1.165) is 16.9 Å². The highest BCUT2D eigenvalue weighted by molar-refractivity contribution is 5.58. The number of hydrogen-bond donors (Lipinski definition) is 1. The Morgan fingerprint density at radius 1 is 1.05 bits per heavy atom. The van der Waals surface area contributed by atoms with Crippen LogP contribution in [0.3, 0.4) is 0 Å². The number of benzene rings is 2. The van der Waals surface area contributed by atoms with E-state index in [4.69, 9.17) is 4.74 Å². The Hall–Kier alpha value is -2.06. The quantitative estimate of drug-likeness (QED) is 0.836. The highest BCUT2D eigenvalue weighted by Crippen LogP contribution is 2.41. The van der Waals surface area contributed by atoms with Gasteiger partial charge in [0.05, 0.1) is 0 Å². The second kappa shape index (κ2) is 5.05. The molecule has 0 aliphatic carbocycles. The Kier molecular flexibility index (Phi) is 3.34. The summed E-state index contributed by atoms with van der Waals surface area (Å²) < 4.78 is 5.80. The molecule has 0 radical (unpaired) electrons. The maximum absolute atomic E-state index is 10.5. The van der Waals surface area contributed by atoms with Gasteiger partial charge in [0, 0.05) is 5.56 Å². The van der Waals surface area contributed by atoms with Gasteiger partial charge in [0.1, 0.15) is 17.6 Å². The van der Waals surface area contributed by atoms with Crippen molar-refractivity contribution in [2.45, 2.75) is 32.3 Å². The van der Waals surface area contributed by atoms with Crippen LogP contribution in [0.25, 0.3) is 6.08 Å². The normalized spacial score (nSPS) is 19.4. The van der Waals surface area contributed by atoms with Gasteiger partial charge in [-0.25, -0.2) is 0 Å². The van der Waals surface area contributed by atoms with E-state index >= 15 is 0 Å². The first-order chi connectivity index (χ1) is 9.95. The molecule has 0 fully saturated rings. The third-order valence-corrected chi connectivity index (χ3v) is 3.78. The summed E-state index contributed by atoms with van der Waals surface area (Å²) in [5.74, 6) is 1.33. The van der Waals surface area contributed by atoms with Gasteiger partial charge in [0.15, 0.2) is 0 Å². The van der Waals surface area contributed by atoms with Gasteiger partial charge in [0.25, 0.3) is 0 Å². The summed E-state index contributed by atoms with van der Waals surface area (Å²) in [4.78, 5) is 0. The van der Waals surface area contributed by atoms with Crippen LogP contribution in [0.4, 0.5) is 0 Å². The van der Waals surface area contributed by atoms with Crippen molar-refractivity contribution >= 4 is 6.08 Å². The molecule has 0 spiro atoms. The smallest absolute Gasteiger partial charge is 0.140 e. The molecule has 1 aliphatic heterocycles. The lowest BCUT2D eigenvalue weighted by molar-refractivity contribution is 0.193. The van der Waals surface area contributed by atoms with Gasteiger partial charge in [0.2, 0.25) is 0 Å². The molecule has 1 atom stereocenters. The summed E-state index contributed by atoms with van der Waals surface area (Å²) in [5.41, 5.74) is 3.13. The molecule has 2 aromatic carbocycles. The predicted octanol–water partition coefficient (Wildman–Crippen LogP) is 4.45. The number of rotatable bonds is 1. The average Bonchev–Trinajstić information content (AvgIpc) is 2.75. The van der Waals surface area contributed by atoms with Crippen LogP contribution in [-0.2, 0) is 5.41 Å². The Bertz CT molecular complexity index is 678. The Morgan fingerprint density at radius 3 is 2.43 bits per heavy atom. The molecule has 0 amide bonds. The predicted molar refractivity (Wildman–Crippen MR) is 85.1 cm³/mol. The number of hydrogen-bond acceptors (Lipinski definition) is 2. The zero-order valence-corrected chi connectivity index (χ0v) is 12.6. The molecular weight excluding hydrogens is 260 g/mol. The number of fused-ring (bicyclic) bond motifs is 1. The van der Waals surface area contributed by atoms with E-state index in [1.165, 1.54) is 5.56 Å². The monoisotopic (exact) mass is 280 g/mol. The van der Waals surface area contributed by atoms with Gasteiger partial charge < -0.3 is 9.84 Å².